The number of likely N-dealkylation sites (tertiary alicyclic amines) is 1. The number of aliphatic hydroxyl groups excluding tert-OH is 1. The molecule has 4 aliphatic rings. The van der Waals surface area contributed by atoms with Gasteiger partial charge in [-0.15, -0.1) is 17.9 Å². The van der Waals surface area contributed by atoms with Crippen molar-refractivity contribution < 1.29 is 43.6 Å². The monoisotopic (exact) mass is 804 g/mol. The lowest BCUT2D eigenvalue weighted by molar-refractivity contribution is -0.146. The summed E-state index contributed by atoms with van der Waals surface area (Å²) in [6, 6.07) is 5.02. The lowest BCUT2D eigenvalue weighted by Gasteiger charge is -2.35. The van der Waals surface area contributed by atoms with Gasteiger partial charge in [-0.05, 0) is 68.9 Å². The number of hydrogen-bond acceptors (Lipinski definition) is 12. The Morgan fingerprint density at radius 2 is 1.82 bits per heavy atom. The van der Waals surface area contributed by atoms with Gasteiger partial charge in [0.15, 0.2) is 5.13 Å². The van der Waals surface area contributed by atoms with Crippen LogP contribution < -0.4 is 25.4 Å². The maximum Gasteiger partial charge on any atom is 0.408 e. The molecule has 3 heterocycles. The van der Waals surface area contributed by atoms with Gasteiger partial charge >= 0.3 is 12.1 Å². The number of fused-ring (bicyclic) bond motifs is 2. The molecule has 16 heteroatoms. The van der Waals surface area contributed by atoms with E-state index in [-0.39, 0.29) is 44.7 Å². The van der Waals surface area contributed by atoms with E-state index in [9.17, 15) is 29.4 Å². The largest absolute Gasteiger partial charge is 0.491 e. The van der Waals surface area contributed by atoms with Gasteiger partial charge < -0.3 is 45.3 Å². The van der Waals surface area contributed by atoms with Crippen molar-refractivity contribution >= 4 is 51.2 Å². The number of nitrogens with zero attached hydrogens (tertiary/aromatic N) is 3. The minimum Gasteiger partial charge on any atom is -0.491 e. The van der Waals surface area contributed by atoms with E-state index in [0.717, 1.165) is 18.0 Å². The summed E-state index contributed by atoms with van der Waals surface area (Å²) in [7, 11) is 0. The first-order valence-corrected chi connectivity index (χ1v) is 20.5. The molecular formula is C41H52N6O9S. The molecule has 306 valence electrons. The topological polar surface area (TPSA) is 202 Å². The van der Waals surface area contributed by atoms with Crippen molar-refractivity contribution in [1.82, 2.24) is 25.5 Å². The molecular weight excluding hydrogens is 753 g/mol. The number of aliphatic carboxylic acids is 1. The minimum absolute atomic E-state index is 0.0346. The zero-order chi connectivity index (χ0) is 40.8. The Hall–Kier alpha value is -4.96. The first-order valence-electron chi connectivity index (χ1n) is 19.6. The smallest absolute Gasteiger partial charge is 0.408 e. The summed E-state index contributed by atoms with van der Waals surface area (Å²) in [5.74, 6) is -0.685. The summed E-state index contributed by atoms with van der Waals surface area (Å²) >= 11 is 1.44. The lowest BCUT2D eigenvalue weighted by atomic mass is 9.85. The van der Waals surface area contributed by atoms with E-state index >= 15 is 0 Å². The number of nitrogens with one attached hydrogen (secondary N) is 3. The third kappa shape index (κ3) is 8.66. The highest BCUT2D eigenvalue weighted by atomic mass is 32.1. The molecule has 1 saturated heterocycles. The van der Waals surface area contributed by atoms with E-state index in [1.807, 2.05) is 40.0 Å². The van der Waals surface area contributed by atoms with E-state index in [4.69, 9.17) is 24.2 Å². The van der Waals surface area contributed by atoms with Crippen LogP contribution in [-0.2, 0) is 19.1 Å². The SMILES string of the molecule is C=C[C@@H]1C[C@]1(NC(=O)[C@@H]1C[C@H](Oc2cc(-c3csc(NC(C)C)n3)nc3cc(OCCO)ccc23)CN1C(=O)C(NC(=O)O[C@@H]1C[C@@H]2C[C@@H]2C1)C(C)(C)C)C(=O)O. The molecule has 5 N–H and O–H groups in total. The van der Waals surface area contributed by atoms with Crippen LogP contribution in [0.1, 0.15) is 66.7 Å². The number of carbonyl (C=O) groups is 4. The molecule has 3 saturated carbocycles. The van der Waals surface area contributed by atoms with Crippen molar-refractivity contribution in [2.75, 3.05) is 25.1 Å². The van der Waals surface area contributed by atoms with Crippen LogP contribution in [0, 0.1) is 23.2 Å². The Kier molecular flexibility index (Phi) is 11.1. The molecule has 57 heavy (non-hydrogen) atoms. The summed E-state index contributed by atoms with van der Waals surface area (Å²) in [6.07, 6.45) is 2.91. The Balaban J connectivity index is 1.19. The number of anilines is 1. The molecule has 1 aliphatic heterocycles. The van der Waals surface area contributed by atoms with Gasteiger partial charge in [-0.25, -0.2) is 19.6 Å². The van der Waals surface area contributed by atoms with Crippen LogP contribution in [0.3, 0.4) is 0 Å². The Morgan fingerprint density at radius 3 is 2.47 bits per heavy atom. The maximum atomic E-state index is 14.7. The van der Waals surface area contributed by atoms with Gasteiger partial charge in [0, 0.05) is 41.3 Å². The average molecular weight is 805 g/mol. The van der Waals surface area contributed by atoms with Gasteiger partial charge in [0.05, 0.1) is 24.4 Å². The molecule has 7 rings (SSSR count). The molecule has 4 fully saturated rings. The van der Waals surface area contributed by atoms with E-state index < -0.39 is 58.9 Å². The van der Waals surface area contributed by atoms with Crippen LogP contribution in [-0.4, -0.2) is 105 Å². The fraction of sp³-hybridized carbons (Fsp3) is 0.561. The van der Waals surface area contributed by atoms with Crippen molar-refractivity contribution in [1.29, 1.82) is 0 Å². The molecule has 3 aliphatic carbocycles. The van der Waals surface area contributed by atoms with Crippen LogP contribution in [0.25, 0.3) is 22.3 Å². The predicted molar refractivity (Wildman–Crippen MR) is 213 cm³/mol. The van der Waals surface area contributed by atoms with Crippen molar-refractivity contribution in [3.05, 3.63) is 42.3 Å². The van der Waals surface area contributed by atoms with Gasteiger partial charge in [-0.3, -0.25) is 9.59 Å². The zero-order valence-corrected chi connectivity index (χ0v) is 33.8. The van der Waals surface area contributed by atoms with Crippen LogP contribution in [0.2, 0.25) is 0 Å². The maximum absolute atomic E-state index is 14.7. The van der Waals surface area contributed by atoms with Crippen LogP contribution >= 0.6 is 11.3 Å². The number of thiazole rings is 1. The lowest BCUT2D eigenvalue weighted by Crippen LogP contribution is -2.59. The molecule has 8 atom stereocenters. The number of ether oxygens (including phenoxy) is 3. The van der Waals surface area contributed by atoms with Gasteiger partial charge in [0.2, 0.25) is 11.8 Å². The molecule has 1 aromatic carbocycles. The number of hydrogen-bond donors (Lipinski definition) is 5. The van der Waals surface area contributed by atoms with Crippen LogP contribution in [0.5, 0.6) is 11.5 Å². The van der Waals surface area contributed by atoms with Gasteiger partial charge in [0.25, 0.3) is 0 Å². The molecule has 0 bridgehead atoms. The molecule has 2 aromatic heterocycles. The molecule has 0 radical (unpaired) electrons. The molecule has 3 amide bonds. The van der Waals surface area contributed by atoms with E-state index in [0.29, 0.717) is 45.6 Å². The fourth-order valence-electron chi connectivity index (χ4n) is 8.11. The number of alkyl carbamates (subject to hydrolysis) is 1. The average Bonchev–Trinajstić information content (AvgIpc) is 3.82. The normalized spacial score (nSPS) is 26.7. The number of carboxylic acid groups (broad SMARTS) is 1. The Morgan fingerprint density at radius 1 is 1.07 bits per heavy atom. The van der Waals surface area contributed by atoms with Gasteiger partial charge in [-0.2, -0.15) is 0 Å². The molecule has 3 aromatic rings. The quantitative estimate of drug-likeness (QED) is 0.129. The van der Waals surface area contributed by atoms with Crippen molar-refractivity contribution in [3.8, 4) is 22.9 Å². The standard InChI is InChI=1S/C41H52N6O9S/c1-7-24-18-41(24,37(51)52)46-35(49)32-16-27(19-47(32)36(50)34(40(4,5)6)45-39(53)56-26-13-22-12-23(22)14-26)55-33-17-30(31-20-57-38(44-31)42-21(2)3)43-29-15-25(54-11-10-48)8-9-28(29)33/h7-9,15,17,20-24,26-27,32,34,48H,1,10-14,16,18-19H2,2-6H3,(H,42,44)(H,45,53)(H,46,49)(H,51,52)/t22-,23+,24-,26+,27+,32+,34?,41-/m1/s1. The summed E-state index contributed by atoms with van der Waals surface area (Å²) in [5.41, 5.74) is -0.649. The highest BCUT2D eigenvalue weighted by molar-refractivity contribution is 7.14. The summed E-state index contributed by atoms with van der Waals surface area (Å²) in [5, 5.41) is 31.5. The van der Waals surface area contributed by atoms with Crippen LogP contribution in [0.15, 0.2) is 42.3 Å². The first-order chi connectivity index (χ1) is 27.1. The molecule has 0 spiro atoms. The third-order valence-electron chi connectivity index (χ3n) is 11.3. The van der Waals surface area contributed by atoms with Crippen molar-refractivity contribution in [3.63, 3.8) is 0 Å². The summed E-state index contributed by atoms with van der Waals surface area (Å²) in [4.78, 5) is 65.5. The number of aliphatic hydroxyl groups is 1. The number of amides is 3. The zero-order valence-electron chi connectivity index (χ0n) is 32.9. The van der Waals surface area contributed by atoms with Gasteiger partial charge in [0.1, 0.15) is 53.6 Å². The number of benzene rings is 1. The second-order valence-electron chi connectivity index (χ2n) is 17.1. The third-order valence-corrected chi connectivity index (χ3v) is 12.1. The summed E-state index contributed by atoms with van der Waals surface area (Å²) < 4.78 is 18.1. The van der Waals surface area contributed by atoms with Crippen molar-refractivity contribution in [2.45, 2.75) is 103 Å². The minimum atomic E-state index is -1.53. The van der Waals surface area contributed by atoms with E-state index in [1.165, 1.54) is 28.7 Å². The van der Waals surface area contributed by atoms with E-state index in [2.05, 4.69) is 22.5 Å². The highest BCUT2D eigenvalue weighted by Gasteiger charge is 2.61. The van der Waals surface area contributed by atoms with Crippen LogP contribution in [0.4, 0.5) is 9.93 Å². The fourth-order valence-corrected chi connectivity index (χ4v) is 8.96. The number of rotatable bonds is 15. The number of carbonyl (C=O) groups excluding carboxylic acids is 3. The first kappa shape index (κ1) is 40.2. The Bertz CT molecular complexity index is 2040. The van der Waals surface area contributed by atoms with Crippen molar-refractivity contribution in [2.24, 2.45) is 23.2 Å². The van der Waals surface area contributed by atoms with Gasteiger partial charge in [-0.1, -0.05) is 26.8 Å². The predicted octanol–water partition coefficient (Wildman–Crippen LogP) is 4.98. The van der Waals surface area contributed by atoms with E-state index in [1.54, 1.807) is 24.3 Å². The Labute approximate surface area is 335 Å². The second-order valence-corrected chi connectivity index (χ2v) is 17.9. The number of pyridine rings is 1. The number of carboxylic acids is 1. The highest BCUT2D eigenvalue weighted by Crippen LogP contribution is 2.52. The second kappa shape index (κ2) is 15.8. The number of aromatic nitrogens is 2. The summed E-state index contributed by atoms with van der Waals surface area (Å²) in [6.45, 7) is 13.1. The molecule has 1 unspecified atom stereocenters. The molecule has 15 nitrogen and oxygen atoms in total.